The number of amides is 2. The predicted octanol–water partition coefficient (Wildman–Crippen LogP) is 4.88. The van der Waals surface area contributed by atoms with Crippen LogP contribution in [-0.2, 0) is 16.2 Å². The number of benzene rings is 3. The highest BCUT2D eigenvalue weighted by atomic mass is 79.9. The van der Waals surface area contributed by atoms with Gasteiger partial charge in [-0.2, -0.15) is 5.10 Å². The van der Waals surface area contributed by atoms with Crippen molar-refractivity contribution in [2.45, 2.75) is 6.61 Å². The van der Waals surface area contributed by atoms with Crippen LogP contribution >= 0.6 is 31.9 Å². The van der Waals surface area contributed by atoms with E-state index in [1.807, 2.05) is 36.4 Å². The Hall–Kier alpha value is -2.97. The molecule has 2 amide bonds. The summed E-state index contributed by atoms with van der Waals surface area (Å²) in [5.74, 6) is -1.10. The fourth-order valence-electron chi connectivity index (χ4n) is 2.42. The molecule has 30 heavy (non-hydrogen) atoms. The van der Waals surface area contributed by atoms with Crippen LogP contribution in [0.1, 0.15) is 11.1 Å². The monoisotopic (exact) mass is 529 g/mol. The molecule has 0 fully saturated rings. The summed E-state index contributed by atoms with van der Waals surface area (Å²) in [4.78, 5) is 24.0. The molecule has 0 unspecified atom stereocenters. The lowest BCUT2D eigenvalue weighted by Gasteiger charge is -2.09. The molecule has 152 valence electrons. The molecule has 0 aliphatic rings. The molecule has 2 N–H and O–H groups in total. The first-order valence-electron chi connectivity index (χ1n) is 8.87. The number of halogens is 2. The number of anilines is 1. The fourth-order valence-corrected chi connectivity index (χ4v) is 3.06. The summed E-state index contributed by atoms with van der Waals surface area (Å²) in [5, 5.41) is 6.38. The summed E-state index contributed by atoms with van der Waals surface area (Å²) < 4.78 is 7.56. The second kappa shape index (κ2) is 10.7. The lowest BCUT2D eigenvalue weighted by Crippen LogP contribution is -2.32. The number of hydrogen-bond acceptors (Lipinski definition) is 4. The van der Waals surface area contributed by atoms with E-state index in [2.05, 4.69) is 47.7 Å². The Morgan fingerprint density at radius 1 is 0.900 bits per heavy atom. The minimum atomic E-state index is -0.879. The van der Waals surface area contributed by atoms with E-state index in [0.29, 0.717) is 23.6 Å². The van der Waals surface area contributed by atoms with Gasteiger partial charge < -0.3 is 10.1 Å². The second-order valence-corrected chi connectivity index (χ2v) is 7.95. The van der Waals surface area contributed by atoms with E-state index in [1.54, 1.807) is 36.4 Å². The van der Waals surface area contributed by atoms with Crippen LogP contribution in [0.2, 0.25) is 0 Å². The van der Waals surface area contributed by atoms with Gasteiger partial charge in [0, 0.05) is 20.2 Å². The molecule has 0 saturated carbocycles. The van der Waals surface area contributed by atoms with Gasteiger partial charge in [-0.3, -0.25) is 9.59 Å². The van der Waals surface area contributed by atoms with Crippen LogP contribution in [0.25, 0.3) is 0 Å². The molecule has 8 heteroatoms. The van der Waals surface area contributed by atoms with Crippen molar-refractivity contribution in [3.8, 4) is 5.75 Å². The molecule has 3 rings (SSSR count). The van der Waals surface area contributed by atoms with E-state index in [9.17, 15) is 9.59 Å². The lowest BCUT2D eigenvalue weighted by molar-refractivity contribution is -0.136. The highest BCUT2D eigenvalue weighted by Gasteiger charge is 2.13. The molecular weight excluding hydrogens is 514 g/mol. The third-order valence-corrected chi connectivity index (χ3v) is 4.91. The van der Waals surface area contributed by atoms with Crippen molar-refractivity contribution in [1.82, 2.24) is 5.43 Å². The maximum Gasteiger partial charge on any atom is 0.329 e. The smallest absolute Gasteiger partial charge is 0.329 e. The number of rotatable bonds is 6. The minimum Gasteiger partial charge on any atom is -0.488 e. The Morgan fingerprint density at radius 3 is 2.33 bits per heavy atom. The Bertz CT molecular complexity index is 1050. The number of carbonyl (C=O) groups is 2. The first kappa shape index (κ1) is 21.7. The Balaban J connectivity index is 1.60. The molecule has 3 aromatic rings. The van der Waals surface area contributed by atoms with Crippen LogP contribution in [0, 0.1) is 0 Å². The summed E-state index contributed by atoms with van der Waals surface area (Å²) in [6.07, 6.45) is 1.43. The SMILES string of the molecule is O=C(NN=Cc1cc(Br)ccc1OCc1ccccc1)C(=O)Nc1ccc(Br)cc1. The van der Waals surface area contributed by atoms with Crippen molar-refractivity contribution in [2.24, 2.45) is 5.10 Å². The third-order valence-electron chi connectivity index (χ3n) is 3.89. The van der Waals surface area contributed by atoms with E-state index in [-0.39, 0.29) is 0 Å². The largest absolute Gasteiger partial charge is 0.488 e. The molecule has 0 heterocycles. The molecule has 0 saturated heterocycles. The van der Waals surface area contributed by atoms with Gasteiger partial charge in [-0.1, -0.05) is 62.2 Å². The van der Waals surface area contributed by atoms with E-state index in [0.717, 1.165) is 14.5 Å². The standard InChI is InChI=1S/C22H17Br2N3O3/c23-17-6-9-19(10-7-17)26-21(28)22(29)27-25-13-16-12-18(24)8-11-20(16)30-14-15-4-2-1-3-5-15/h1-13H,14H2,(H,26,28)(H,27,29). The van der Waals surface area contributed by atoms with Crippen LogP contribution in [0.15, 0.2) is 86.8 Å². The molecule has 0 bridgehead atoms. The van der Waals surface area contributed by atoms with Gasteiger partial charge in [-0.25, -0.2) is 5.43 Å². The highest BCUT2D eigenvalue weighted by molar-refractivity contribution is 9.10. The zero-order valence-corrected chi connectivity index (χ0v) is 18.8. The zero-order valence-electron chi connectivity index (χ0n) is 15.6. The van der Waals surface area contributed by atoms with Crippen LogP contribution in [0.4, 0.5) is 5.69 Å². The van der Waals surface area contributed by atoms with Gasteiger partial charge in [0.25, 0.3) is 0 Å². The normalized spacial score (nSPS) is 10.6. The summed E-state index contributed by atoms with van der Waals surface area (Å²) in [5.41, 5.74) is 4.40. The zero-order chi connectivity index (χ0) is 21.3. The van der Waals surface area contributed by atoms with Crippen molar-refractivity contribution in [2.75, 3.05) is 5.32 Å². The molecule has 6 nitrogen and oxygen atoms in total. The van der Waals surface area contributed by atoms with Crippen LogP contribution in [-0.4, -0.2) is 18.0 Å². The second-order valence-electron chi connectivity index (χ2n) is 6.12. The topological polar surface area (TPSA) is 79.8 Å². The number of hydrazone groups is 1. The van der Waals surface area contributed by atoms with Crippen LogP contribution in [0.5, 0.6) is 5.75 Å². The number of nitrogens with one attached hydrogen (secondary N) is 2. The van der Waals surface area contributed by atoms with E-state index in [1.165, 1.54) is 6.21 Å². The van der Waals surface area contributed by atoms with Crippen molar-refractivity contribution in [1.29, 1.82) is 0 Å². The number of nitrogens with zero attached hydrogens (tertiary/aromatic N) is 1. The maximum absolute atomic E-state index is 12.0. The van der Waals surface area contributed by atoms with Gasteiger partial charge >= 0.3 is 11.8 Å². The van der Waals surface area contributed by atoms with Crippen LogP contribution < -0.4 is 15.5 Å². The first-order chi connectivity index (χ1) is 14.5. The van der Waals surface area contributed by atoms with Crippen molar-refractivity contribution in [3.63, 3.8) is 0 Å². The van der Waals surface area contributed by atoms with Crippen molar-refractivity contribution < 1.29 is 14.3 Å². The number of hydrogen-bond donors (Lipinski definition) is 2. The average Bonchev–Trinajstić information content (AvgIpc) is 2.75. The quantitative estimate of drug-likeness (QED) is 0.271. The number of carbonyl (C=O) groups excluding carboxylic acids is 2. The van der Waals surface area contributed by atoms with Gasteiger partial charge in [0.1, 0.15) is 12.4 Å². The fraction of sp³-hybridized carbons (Fsp3) is 0.0455. The van der Waals surface area contributed by atoms with Crippen LogP contribution in [0.3, 0.4) is 0 Å². The van der Waals surface area contributed by atoms with Gasteiger partial charge in [-0.15, -0.1) is 0 Å². The van der Waals surface area contributed by atoms with Crippen molar-refractivity contribution in [3.05, 3.63) is 92.9 Å². The maximum atomic E-state index is 12.0. The van der Waals surface area contributed by atoms with E-state index in [4.69, 9.17) is 4.74 Å². The Morgan fingerprint density at radius 2 is 1.60 bits per heavy atom. The Kier molecular flexibility index (Phi) is 7.75. The first-order valence-corrected chi connectivity index (χ1v) is 10.5. The minimum absolute atomic E-state index is 0.394. The van der Waals surface area contributed by atoms with E-state index < -0.39 is 11.8 Å². The van der Waals surface area contributed by atoms with Crippen molar-refractivity contribution >= 4 is 55.6 Å². The van der Waals surface area contributed by atoms with Gasteiger partial charge in [-0.05, 0) is 48.0 Å². The molecule has 0 aliphatic carbocycles. The van der Waals surface area contributed by atoms with E-state index >= 15 is 0 Å². The molecule has 0 aliphatic heterocycles. The van der Waals surface area contributed by atoms with Gasteiger partial charge in [0.2, 0.25) is 0 Å². The third kappa shape index (κ3) is 6.53. The Labute approximate surface area is 190 Å². The van der Waals surface area contributed by atoms with Gasteiger partial charge in [0.05, 0.1) is 6.21 Å². The predicted molar refractivity (Wildman–Crippen MR) is 123 cm³/mol. The highest BCUT2D eigenvalue weighted by Crippen LogP contribution is 2.23. The summed E-state index contributed by atoms with van der Waals surface area (Å²) in [6, 6.07) is 22.1. The van der Waals surface area contributed by atoms with Gasteiger partial charge in [0.15, 0.2) is 0 Å². The summed E-state index contributed by atoms with van der Waals surface area (Å²) in [6.45, 7) is 0.394. The molecule has 3 aromatic carbocycles. The molecule has 0 atom stereocenters. The molecule has 0 radical (unpaired) electrons. The lowest BCUT2D eigenvalue weighted by atomic mass is 10.2. The molecule has 0 aromatic heterocycles. The molecule has 0 spiro atoms. The average molecular weight is 531 g/mol. The molecular formula is C22H17Br2N3O3. The number of ether oxygens (including phenoxy) is 1. The summed E-state index contributed by atoms with van der Waals surface area (Å²) in [7, 11) is 0. The summed E-state index contributed by atoms with van der Waals surface area (Å²) >= 11 is 6.71.